The second-order valence-electron chi connectivity index (χ2n) is 13.5. The zero-order chi connectivity index (χ0) is 29.5. The van der Waals surface area contributed by atoms with E-state index < -0.39 is 0 Å². The number of imidazole rings is 1. The summed E-state index contributed by atoms with van der Waals surface area (Å²) in [6, 6.07) is 0. The monoisotopic (exact) mass is 574 g/mol. The third-order valence-corrected chi connectivity index (χ3v) is 9.47. The highest BCUT2D eigenvalue weighted by Crippen LogP contribution is 2.16. The second kappa shape index (κ2) is 30.7. The van der Waals surface area contributed by atoms with Crippen molar-refractivity contribution in [3.05, 3.63) is 18.2 Å². The summed E-state index contributed by atoms with van der Waals surface area (Å²) in [6.07, 6.45) is 50.6. The summed E-state index contributed by atoms with van der Waals surface area (Å²) in [6.45, 7) is 5.83. The molecule has 242 valence electrons. The average Bonchev–Trinajstić information content (AvgIpc) is 3.33. The average molecular weight is 574 g/mol. The van der Waals surface area contributed by atoms with Gasteiger partial charge in [0.1, 0.15) is 12.4 Å². The van der Waals surface area contributed by atoms with Crippen LogP contribution >= 0.6 is 0 Å². The van der Waals surface area contributed by atoms with Crippen molar-refractivity contribution in [1.29, 1.82) is 0 Å². The van der Waals surface area contributed by atoms with Gasteiger partial charge in [0.15, 0.2) is 0 Å². The van der Waals surface area contributed by atoms with Crippen LogP contribution in [0, 0.1) is 0 Å². The molecule has 0 bridgehead atoms. The Labute approximate surface area is 259 Å². The number of hydrogen-bond acceptors (Lipinski definition) is 0. The van der Waals surface area contributed by atoms with E-state index in [0.717, 1.165) is 0 Å². The van der Waals surface area contributed by atoms with Crippen LogP contribution in [0.15, 0.2) is 12.4 Å². The van der Waals surface area contributed by atoms with Gasteiger partial charge >= 0.3 is 0 Å². The van der Waals surface area contributed by atoms with Crippen LogP contribution in [0.1, 0.15) is 219 Å². The lowest BCUT2D eigenvalue weighted by Gasteiger charge is -2.05. The van der Waals surface area contributed by atoms with E-state index in [1.165, 1.54) is 212 Å². The fraction of sp³-hybridized carbons (Fsp3) is 0.923. The summed E-state index contributed by atoms with van der Waals surface area (Å²) in [5.41, 5.74) is 0. The van der Waals surface area contributed by atoms with Crippen molar-refractivity contribution in [2.75, 3.05) is 0 Å². The highest BCUT2D eigenvalue weighted by Gasteiger charge is 2.13. The van der Waals surface area contributed by atoms with Crippen LogP contribution in [-0.4, -0.2) is 4.57 Å². The van der Waals surface area contributed by atoms with E-state index in [9.17, 15) is 0 Å². The first-order valence-corrected chi connectivity index (χ1v) is 19.3. The molecule has 0 radical (unpaired) electrons. The van der Waals surface area contributed by atoms with Crippen molar-refractivity contribution >= 4 is 0 Å². The number of aryl methyl sites for hydroxylation is 2. The first kappa shape index (κ1) is 38.2. The van der Waals surface area contributed by atoms with Gasteiger partial charge in [-0.05, 0) is 19.3 Å². The van der Waals surface area contributed by atoms with E-state index in [2.05, 4.69) is 42.4 Å². The molecule has 0 aliphatic heterocycles. The summed E-state index contributed by atoms with van der Waals surface area (Å²) in [7, 11) is 2.24. The van der Waals surface area contributed by atoms with E-state index in [4.69, 9.17) is 0 Å². The van der Waals surface area contributed by atoms with E-state index in [1.54, 1.807) is 5.82 Å². The van der Waals surface area contributed by atoms with Gasteiger partial charge in [-0.25, -0.2) is 9.13 Å². The Hall–Kier alpha value is -0.790. The van der Waals surface area contributed by atoms with Gasteiger partial charge in [-0.3, -0.25) is 0 Å². The SMILES string of the molecule is CCCCCCCCCCCCCCCCCCCn1cc[n+](C)c1CCCCCCCCCCCCCCCC. The van der Waals surface area contributed by atoms with Gasteiger partial charge in [0.25, 0.3) is 5.82 Å². The molecule has 0 unspecified atom stereocenters. The standard InChI is InChI=1S/C39H77N2/c1-4-6-8-10-12-14-16-18-20-21-22-24-26-28-30-32-34-36-41-38-37-40(3)39(41)35-33-31-29-27-25-23-19-17-15-13-11-9-7-5-2/h37-38H,4-36H2,1-3H3/q+1. The zero-order valence-electron chi connectivity index (χ0n) is 28.9. The molecule has 1 rings (SSSR count). The maximum absolute atomic E-state index is 2.55. The predicted octanol–water partition coefficient (Wildman–Crippen LogP) is 13.0. The second-order valence-corrected chi connectivity index (χ2v) is 13.5. The Kier molecular flexibility index (Phi) is 28.6. The Morgan fingerprint density at radius 1 is 0.415 bits per heavy atom. The Morgan fingerprint density at radius 3 is 1.05 bits per heavy atom. The van der Waals surface area contributed by atoms with Crippen LogP contribution in [-0.2, 0) is 20.0 Å². The minimum atomic E-state index is 1.22. The highest BCUT2D eigenvalue weighted by atomic mass is 15.1. The summed E-state index contributed by atoms with van der Waals surface area (Å²) >= 11 is 0. The Balaban J connectivity index is 1.89. The minimum Gasteiger partial charge on any atom is -0.237 e. The van der Waals surface area contributed by atoms with Crippen molar-refractivity contribution in [1.82, 2.24) is 4.57 Å². The molecule has 0 aliphatic carbocycles. The van der Waals surface area contributed by atoms with Crippen molar-refractivity contribution in [3.8, 4) is 0 Å². The lowest BCUT2D eigenvalue weighted by molar-refractivity contribution is -0.678. The Morgan fingerprint density at radius 2 is 0.707 bits per heavy atom. The van der Waals surface area contributed by atoms with E-state index in [1.807, 2.05) is 0 Å². The van der Waals surface area contributed by atoms with Crippen LogP contribution in [0.2, 0.25) is 0 Å². The van der Waals surface area contributed by atoms with Gasteiger partial charge in [0.2, 0.25) is 0 Å². The summed E-state index contributed by atoms with van der Waals surface area (Å²) in [5.74, 6) is 1.54. The summed E-state index contributed by atoms with van der Waals surface area (Å²) < 4.78 is 4.92. The molecular formula is C39H77N2+. The number of unbranched alkanes of at least 4 members (excludes halogenated alkanes) is 29. The van der Waals surface area contributed by atoms with E-state index in [0.29, 0.717) is 0 Å². The van der Waals surface area contributed by atoms with Crippen molar-refractivity contribution in [3.63, 3.8) is 0 Å². The van der Waals surface area contributed by atoms with Gasteiger partial charge in [0.05, 0.1) is 13.6 Å². The normalized spacial score (nSPS) is 11.6. The van der Waals surface area contributed by atoms with Gasteiger partial charge in [0, 0.05) is 6.42 Å². The molecule has 1 heterocycles. The largest absolute Gasteiger partial charge is 0.256 e. The molecule has 0 saturated carbocycles. The first-order chi connectivity index (χ1) is 20.3. The van der Waals surface area contributed by atoms with Crippen molar-refractivity contribution < 1.29 is 4.57 Å². The smallest absolute Gasteiger partial charge is 0.237 e. The molecule has 1 aromatic heterocycles. The molecule has 0 saturated heterocycles. The first-order valence-electron chi connectivity index (χ1n) is 19.3. The molecule has 0 amide bonds. The molecule has 0 N–H and O–H groups in total. The quantitative estimate of drug-likeness (QED) is 0.0584. The maximum Gasteiger partial charge on any atom is 0.256 e. The molecule has 2 nitrogen and oxygen atoms in total. The minimum absolute atomic E-state index is 1.22. The van der Waals surface area contributed by atoms with E-state index in [-0.39, 0.29) is 0 Å². The molecule has 41 heavy (non-hydrogen) atoms. The van der Waals surface area contributed by atoms with Crippen molar-refractivity contribution in [2.45, 2.75) is 226 Å². The summed E-state index contributed by atoms with van der Waals surface area (Å²) in [5, 5.41) is 0. The molecule has 0 aliphatic rings. The number of nitrogens with zero attached hydrogens (tertiary/aromatic N) is 2. The molecule has 2 heteroatoms. The number of aromatic nitrogens is 2. The zero-order valence-corrected chi connectivity index (χ0v) is 28.9. The van der Waals surface area contributed by atoms with Gasteiger partial charge < -0.3 is 0 Å². The summed E-state index contributed by atoms with van der Waals surface area (Å²) in [4.78, 5) is 0. The molecule has 0 fully saturated rings. The molecule has 0 spiro atoms. The van der Waals surface area contributed by atoms with Crippen LogP contribution in [0.4, 0.5) is 0 Å². The maximum atomic E-state index is 2.55. The van der Waals surface area contributed by atoms with Gasteiger partial charge in [-0.1, -0.05) is 194 Å². The third kappa shape index (κ3) is 24.4. The van der Waals surface area contributed by atoms with Crippen LogP contribution in [0.5, 0.6) is 0 Å². The van der Waals surface area contributed by atoms with E-state index >= 15 is 0 Å². The van der Waals surface area contributed by atoms with Crippen LogP contribution in [0.3, 0.4) is 0 Å². The fourth-order valence-corrected chi connectivity index (χ4v) is 6.56. The van der Waals surface area contributed by atoms with Crippen LogP contribution < -0.4 is 4.57 Å². The fourth-order valence-electron chi connectivity index (χ4n) is 6.56. The molecule has 1 aromatic rings. The Bertz CT molecular complexity index is 634. The van der Waals surface area contributed by atoms with Crippen molar-refractivity contribution in [2.24, 2.45) is 7.05 Å². The van der Waals surface area contributed by atoms with Gasteiger partial charge in [-0.2, -0.15) is 0 Å². The molecule has 0 aromatic carbocycles. The lowest BCUT2D eigenvalue weighted by atomic mass is 10.0. The predicted molar refractivity (Wildman–Crippen MR) is 184 cm³/mol. The molecular weight excluding hydrogens is 496 g/mol. The van der Waals surface area contributed by atoms with Gasteiger partial charge in [-0.15, -0.1) is 0 Å². The third-order valence-electron chi connectivity index (χ3n) is 9.47. The molecule has 0 atom stereocenters. The number of rotatable bonds is 33. The van der Waals surface area contributed by atoms with Crippen LogP contribution in [0.25, 0.3) is 0 Å². The lowest BCUT2D eigenvalue weighted by Crippen LogP contribution is -2.32. The highest BCUT2D eigenvalue weighted by molar-refractivity contribution is 4.84. The topological polar surface area (TPSA) is 8.81 Å². The number of hydrogen-bond donors (Lipinski definition) is 0.